The van der Waals surface area contributed by atoms with Crippen molar-refractivity contribution >= 4 is 40.4 Å². The van der Waals surface area contributed by atoms with E-state index < -0.39 is 0 Å². The summed E-state index contributed by atoms with van der Waals surface area (Å²) < 4.78 is 0. The molecule has 158 valence electrons. The van der Waals surface area contributed by atoms with Crippen molar-refractivity contribution in [3.63, 3.8) is 0 Å². The van der Waals surface area contributed by atoms with E-state index in [0.717, 1.165) is 25.7 Å². The maximum Gasteiger partial charge on any atom is 0.251 e. The number of anilines is 4. The van der Waals surface area contributed by atoms with Gasteiger partial charge in [0, 0.05) is 34.1 Å². The molecule has 0 saturated carbocycles. The monoisotopic (exact) mass is 424 g/mol. The zero-order valence-corrected chi connectivity index (χ0v) is 18.6. The maximum atomic E-state index is 2.59. The molecule has 0 unspecified atom stereocenters. The lowest BCUT2D eigenvalue weighted by molar-refractivity contribution is 0.832. The lowest BCUT2D eigenvalue weighted by atomic mass is 9.32. The highest BCUT2D eigenvalue weighted by Gasteiger charge is 2.43. The molecular formula is C30H25BN2. The Morgan fingerprint density at radius 1 is 0.667 bits per heavy atom. The first kappa shape index (κ1) is 18.8. The quantitative estimate of drug-likeness (QED) is 0.447. The molecule has 33 heavy (non-hydrogen) atoms. The minimum absolute atomic E-state index is 0.273. The van der Waals surface area contributed by atoms with Crippen LogP contribution in [0.25, 0.3) is 0 Å². The molecule has 0 saturated heterocycles. The Morgan fingerprint density at radius 3 is 2.27 bits per heavy atom. The van der Waals surface area contributed by atoms with Gasteiger partial charge in [0.1, 0.15) is 0 Å². The van der Waals surface area contributed by atoms with E-state index in [1.165, 1.54) is 50.5 Å². The van der Waals surface area contributed by atoms with Gasteiger partial charge in [0.15, 0.2) is 0 Å². The molecule has 2 aliphatic carbocycles. The Kier molecular flexibility index (Phi) is 4.23. The van der Waals surface area contributed by atoms with Crippen molar-refractivity contribution in [3.8, 4) is 0 Å². The van der Waals surface area contributed by atoms with Crippen LogP contribution in [0.3, 0.4) is 0 Å². The molecule has 7 rings (SSSR count). The van der Waals surface area contributed by atoms with Crippen molar-refractivity contribution in [2.45, 2.75) is 25.7 Å². The van der Waals surface area contributed by atoms with Crippen molar-refractivity contribution < 1.29 is 0 Å². The van der Waals surface area contributed by atoms with Gasteiger partial charge in [0.2, 0.25) is 0 Å². The molecule has 2 aliphatic heterocycles. The molecule has 0 aromatic heterocycles. The maximum absolute atomic E-state index is 2.59. The van der Waals surface area contributed by atoms with Crippen LogP contribution in [0.1, 0.15) is 25.7 Å². The summed E-state index contributed by atoms with van der Waals surface area (Å²) in [6.07, 6.45) is 16.0. The lowest BCUT2D eigenvalue weighted by Crippen LogP contribution is -2.56. The molecule has 2 heterocycles. The Balaban J connectivity index is 1.55. The van der Waals surface area contributed by atoms with Crippen LogP contribution in [-0.4, -0.2) is 6.71 Å². The van der Waals surface area contributed by atoms with E-state index >= 15 is 0 Å². The van der Waals surface area contributed by atoms with Crippen molar-refractivity contribution in [3.05, 3.63) is 120 Å². The van der Waals surface area contributed by atoms with Gasteiger partial charge in [-0.25, -0.2) is 0 Å². The molecule has 0 fully saturated rings. The second kappa shape index (κ2) is 7.42. The molecule has 3 aromatic rings. The third-order valence-corrected chi connectivity index (χ3v) is 7.37. The van der Waals surface area contributed by atoms with Crippen LogP contribution >= 0.6 is 0 Å². The van der Waals surface area contributed by atoms with Crippen molar-refractivity contribution in [2.24, 2.45) is 0 Å². The SMILES string of the molecule is C1=CCCC(N2C3=C(C=CCC3)B3c4ccccc4N(c4ccccc4)c4cccc2c43)=C1. The summed E-state index contributed by atoms with van der Waals surface area (Å²) >= 11 is 0. The van der Waals surface area contributed by atoms with Gasteiger partial charge in [0.05, 0.1) is 0 Å². The number of fused-ring (bicyclic) bond motifs is 3. The van der Waals surface area contributed by atoms with E-state index in [-0.39, 0.29) is 6.71 Å². The molecule has 0 amide bonds. The zero-order valence-electron chi connectivity index (χ0n) is 18.6. The molecule has 4 aliphatic rings. The van der Waals surface area contributed by atoms with Crippen LogP contribution < -0.4 is 20.7 Å². The van der Waals surface area contributed by atoms with E-state index in [1.54, 1.807) is 0 Å². The highest BCUT2D eigenvalue weighted by Crippen LogP contribution is 2.45. The molecule has 0 N–H and O–H groups in total. The van der Waals surface area contributed by atoms with Crippen LogP contribution in [0.4, 0.5) is 22.7 Å². The first-order valence-corrected chi connectivity index (χ1v) is 12.0. The minimum atomic E-state index is 0.273. The molecule has 2 nitrogen and oxygen atoms in total. The number of allylic oxidation sites excluding steroid dienone is 8. The Bertz CT molecular complexity index is 1380. The van der Waals surface area contributed by atoms with Crippen molar-refractivity contribution in [1.29, 1.82) is 0 Å². The molecule has 3 aromatic carbocycles. The summed E-state index contributed by atoms with van der Waals surface area (Å²) in [5, 5.41) is 0. The Labute approximate surface area is 195 Å². The second-order valence-electron chi connectivity index (χ2n) is 9.18. The smallest absolute Gasteiger partial charge is 0.251 e. The van der Waals surface area contributed by atoms with Crippen LogP contribution in [-0.2, 0) is 0 Å². The number of para-hydroxylation sites is 2. The number of nitrogens with zero attached hydrogens (tertiary/aromatic N) is 2. The van der Waals surface area contributed by atoms with E-state index in [2.05, 4.69) is 113 Å². The molecule has 0 spiro atoms. The van der Waals surface area contributed by atoms with E-state index in [1.807, 2.05) is 0 Å². The third kappa shape index (κ3) is 2.75. The fourth-order valence-electron chi connectivity index (χ4n) is 6.05. The Morgan fingerprint density at radius 2 is 1.42 bits per heavy atom. The fraction of sp³-hybridized carbons (Fsp3) is 0.133. The topological polar surface area (TPSA) is 6.48 Å². The highest BCUT2D eigenvalue weighted by molar-refractivity contribution is 6.95. The number of benzene rings is 3. The molecule has 0 radical (unpaired) electrons. The first-order valence-electron chi connectivity index (χ1n) is 12.0. The summed E-state index contributed by atoms with van der Waals surface area (Å²) in [6.45, 7) is 0.273. The van der Waals surface area contributed by atoms with Crippen LogP contribution in [0.2, 0.25) is 0 Å². The third-order valence-electron chi connectivity index (χ3n) is 7.37. The van der Waals surface area contributed by atoms with Crippen molar-refractivity contribution in [2.75, 3.05) is 9.80 Å². The van der Waals surface area contributed by atoms with Gasteiger partial charge in [-0.1, -0.05) is 66.8 Å². The average molecular weight is 424 g/mol. The van der Waals surface area contributed by atoms with Gasteiger partial charge >= 0.3 is 0 Å². The normalized spacial score (nSPS) is 18.1. The molecule has 0 atom stereocenters. The molecule has 3 heteroatoms. The second-order valence-corrected chi connectivity index (χ2v) is 9.18. The number of hydrogen-bond donors (Lipinski definition) is 0. The van der Waals surface area contributed by atoms with E-state index in [9.17, 15) is 0 Å². The molecular weight excluding hydrogens is 399 g/mol. The Hall–Kier alpha value is -3.72. The summed E-state index contributed by atoms with van der Waals surface area (Å²) in [4.78, 5) is 5.05. The van der Waals surface area contributed by atoms with Crippen LogP contribution in [0, 0.1) is 0 Å². The first-order chi connectivity index (χ1) is 16.4. The average Bonchev–Trinajstić information content (AvgIpc) is 2.89. The number of rotatable bonds is 2. The standard InChI is InChI=1S/C30H25BN2/c1-3-12-22(13-4-1)32-26-18-9-7-16-24(26)31-25-17-8-10-19-27(25)33(23-14-5-2-6-15-23)29-21-11-20-28(32)30(29)31/h1-5,7-9,11-14,16-18,20-21H,6,10,15,19H2. The van der Waals surface area contributed by atoms with Gasteiger partial charge in [-0.15, -0.1) is 0 Å². The van der Waals surface area contributed by atoms with Crippen LogP contribution in [0.15, 0.2) is 120 Å². The van der Waals surface area contributed by atoms with Gasteiger partial charge in [-0.3, -0.25) is 0 Å². The summed E-state index contributed by atoms with van der Waals surface area (Å²) in [5.74, 6) is 0. The largest absolute Gasteiger partial charge is 0.319 e. The predicted molar refractivity (Wildman–Crippen MR) is 140 cm³/mol. The van der Waals surface area contributed by atoms with Gasteiger partial charge in [0.25, 0.3) is 6.71 Å². The minimum Gasteiger partial charge on any atom is -0.319 e. The van der Waals surface area contributed by atoms with Gasteiger partial charge < -0.3 is 9.80 Å². The van der Waals surface area contributed by atoms with Gasteiger partial charge in [-0.2, -0.15) is 0 Å². The highest BCUT2D eigenvalue weighted by atomic mass is 15.2. The number of hydrogen-bond acceptors (Lipinski definition) is 2. The fourth-order valence-corrected chi connectivity index (χ4v) is 6.05. The predicted octanol–water partition coefficient (Wildman–Crippen LogP) is 6.28. The molecule has 0 bridgehead atoms. The summed E-state index contributed by atoms with van der Waals surface area (Å²) in [5.41, 5.74) is 12.3. The summed E-state index contributed by atoms with van der Waals surface area (Å²) in [7, 11) is 0. The van der Waals surface area contributed by atoms with Gasteiger partial charge in [-0.05, 0) is 78.5 Å². The van der Waals surface area contributed by atoms with Crippen molar-refractivity contribution in [1.82, 2.24) is 0 Å². The van der Waals surface area contributed by atoms with E-state index in [4.69, 9.17) is 0 Å². The lowest BCUT2D eigenvalue weighted by Gasteiger charge is -2.46. The zero-order chi connectivity index (χ0) is 21.8. The summed E-state index contributed by atoms with van der Waals surface area (Å²) in [6, 6.07) is 26.7. The van der Waals surface area contributed by atoms with E-state index in [0.29, 0.717) is 0 Å². The van der Waals surface area contributed by atoms with Crippen LogP contribution in [0.5, 0.6) is 0 Å².